The van der Waals surface area contributed by atoms with E-state index >= 15 is 0 Å². The minimum Gasteiger partial charge on any atom is -0.260 e. The lowest BCUT2D eigenvalue weighted by Gasteiger charge is -2.43. The number of nitrogens with zero attached hydrogens (tertiary/aromatic N) is 1. The Bertz CT molecular complexity index is 509. The number of rotatable bonds is 16. The van der Waals surface area contributed by atoms with Crippen LogP contribution in [0, 0.1) is 0 Å². The molecule has 7 N–H and O–H groups in total. The molecule has 31 heavy (non-hydrogen) atoms. The largest absolute Gasteiger partial charge is 0.343 e. The highest BCUT2D eigenvalue weighted by atomic mass is 32.7. The first kappa shape index (κ1) is 29.8. The quantitative estimate of drug-likeness (QED) is 0.105. The highest BCUT2D eigenvalue weighted by molar-refractivity contribution is 8.59. The van der Waals surface area contributed by atoms with E-state index in [4.69, 9.17) is 4.74 Å². The Labute approximate surface area is 212 Å². The van der Waals surface area contributed by atoms with E-state index in [1.165, 1.54) is 6.42 Å². The van der Waals surface area contributed by atoms with Gasteiger partial charge in [0.2, 0.25) is 6.56 Å². The Morgan fingerprint density at radius 1 is 0.774 bits per heavy atom. The molecule has 1 fully saturated rings. The van der Waals surface area contributed by atoms with Gasteiger partial charge in [-0.25, -0.2) is 0 Å². The molecule has 2 aliphatic rings. The van der Waals surface area contributed by atoms with Gasteiger partial charge in [0, 0.05) is 66.3 Å². The second-order valence-corrected chi connectivity index (χ2v) is 21.6. The fourth-order valence-corrected chi connectivity index (χ4v) is 22.8. The summed E-state index contributed by atoms with van der Waals surface area (Å²) in [5.41, 5.74) is 0. The Kier molecular flexibility index (Phi) is 15.7. The van der Waals surface area contributed by atoms with Crippen molar-refractivity contribution in [3.63, 3.8) is 0 Å². The lowest BCUT2D eigenvalue weighted by atomic mass is 10.5. The summed E-state index contributed by atoms with van der Waals surface area (Å²) in [6.07, 6.45) is 9.85. The second-order valence-electron chi connectivity index (χ2n) is 6.87. The molecule has 1 spiro atoms. The van der Waals surface area contributed by atoms with Gasteiger partial charge in [-0.3, -0.25) is 4.74 Å². The second kappa shape index (κ2) is 16.3. The Morgan fingerprint density at radius 2 is 1.19 bits per heavy atom. The van der Waals surface area contributed by atoms with Gasteiger partial charge in [-0.05, 0) is 31.4 Å². The third kappa shape index (κ3) is 10.2. The van der Waals surface area contributed by atoms with Crippen LogP contribution in [-0.2, 0) is 0 Å². The molecule has 0 aromatic heterocycles. The van der Waals surface area contributed by atoms with Crippen LogP contribution in [0.15, 0.2) is 4.74 Å². The van der Waals surface area contributed by atoms with E-state index in [1.54, 1.807) is 0 Å². The topological polar surface area (TPSA) is 96.6 Å². The van der Waals surface area contributed by atoms with Crippen LogP contribution in [0.2, 0.25) is 0 Å². The number of thioether (sulfide) groups is 4. The van der Waals surface area contributed by atoms with E-state index < -0.39 is 22.3 Å². The SMILES string of the molecule is CSCCN[P+]1(NCCSC)NP2(=NCCCS2)N[P+](NCCSC)(NCCSC)N1. The van der Waals surface area contributed by atoms with Crippen LogP contribution in [0.5, 0.6) is 0 Å². The predicted molar refractivity (Wildman–Crippen MR) is 160 cm³/mol. The smallest absolute Gasteiger partial charge is 0.260 e. The van der Waals surface area contributed by atoms with Crippen molar-refractivity contribution in [2.45, 2.75) is 6.42 Å². The van der Waals surface area contributed by atoms with E-state index in [0.717, 1.165) is 61.5 Å². The normalized spacial score (nSPS) is 21.8. The third-order valence-electron chi connectivity index (χ3n) is 4.37. The molecule has 2 aliphatic heterocycles. The first-order valence-corrected chi connectivity index (χ1v) is 22.9. The van der Waals surface area contributed by atoms with E-state index in [0.29, 0.717) is 0 Å². The predicted octanol–water partition coefficient (Wildman–Crippen LogP) is 4.02. The summed E-state index contributed by atoms with van der Waals surface area (Å²) in [7, 11) is -4.09. The first-order valence-electron chi connectivity index (χ1n) is 10.4. The highest BCUT2D eigenvalue weighted by Crippen LogP contribution is 2.76. The molecule has 0 saturated carbocycles. The van der Waals surface area contributed by atoms with Gasteiger partial charge in [0.15, 0.2) is 0 Å². The van der Waals surface area contributed by atoms with Crippen LogP contribution < -0.4 is 34.9 Å². The molecule has 0 aromatic rings. The fraction of sp³-hybridized carbons (Fsp3) is 1.00. The van der Waals surface area contributed by atoms with Crippen molar-refractivity contribution >= 4 is 80.7 Å². The van der Waals surface area contributed by atoms with Crippen LogP contribution >= 0.6 is 80.7 Å². The average molecular weight is 587 g/mol. The molecular weight excluding hydrogens is 545 g/mol. The van der Waals surface area contributed by atoms with Gasteiger partial charge in [0.1, 0.15) is 0 Å². The van der Waals surface area contributed by atoms with Gasteiger partial charge >= 0.3 is 15.7 Å². The molecular formula is C15H41N8P3S5+2. The highest BCUT2D eigenvalue weighted by Gasteiger charge is 2.64. The summed E-state index contributed by atoms with van der Waals surface area (Å²) in [4.78, 5) is 12.1. The maximum absolute atomic E-state index is 5.21. The Balaban J connectivity index is 2.36. The molecule has 1 saturated heterocycles. The summed E-state index contributed by atoms with van der Waals surface area (Å²) < 4.78 is 5.21. The molecule has 0 atom stereocenters. The molecule has 0 bridgehead atoms. The summed E-state index contributed by atoms with van der Waals surface area (Å²) in [6, 6.07) is 0. The molecule has 0 aromatic carbocycles. The zero-order valence-electron chi connectivity index (χ0n) is 19.1. The molecule has 16 heteroatoms. The van der Waals surface area contributed by atoms with Crippen molar-refractivity contribution in [2.24, 2.45) is 4.74 Å². The van der Waals surface area contributed by atoms with Gasteiger partial charge in [-0.1, -0.05) is 21.1 Å². The van der Waals surface area contributed by atoms with Gasteiger partial charge in [-0.2, -0.15) is 47.0 Å². The van der Waals surface area contributed by atoms with Crippen molar-refractivity contribution in [2.75, 3.05) is 86.5 Å². The van der Waals surface area contributed by atoms with Crippen LogP contribution in [-0.4, -0.2) is 86.5 Å². The zero-order valence-corrected chi connectivity index (χ0v) is 25.9. The summed E-state index contributed by atoms with van der Waals surface area (Å²) in [6.45, 7) is 2.85. The third-order valence-corrected chi connectivity index (χ3v) is 21.5. The number of hydrogen-bond acceptors (Lipinski definition) is 13. The van der Waals surface area contributed by atoms with E-state index in [9.17, 15) is 0 Å². The van der Waals surface area contributed by atoms with Crippen LogP contribution in [0.4, 0.5) is 0 Å². The maximum Gasteiger partial charge on any atom is 0.343 e. The minimum atomic E-state index is -2.05. The van der Waals surface area contributed by atoms with Crippen molar-refractivity contribution in [3.05, 3.63) is 0 Å². The first-order chi connectivity index (χ1) is 15.1. The van der Waals surface area contributed by atoms with Crippen LogP contribution in [0.25, 0.3) is 0 Å². The Morgan fingerprint density at radius 3 is 1.52 bits per heavy atom. The van der Waals surface area contributed by atoms with E-state index in [-0.39, 0.29) is 0 Å². The van der Waals surface area contributed by atoms with Crippen molar-refractivity contribution in [1.82, 2.24) is 34.9 Å². The molecule has 0 unspecified atom stereocenters. The molecule has 2 heterocycles. The van der Waals surface area contributed by atoms with Gasteiger partial charge in [0.25, 0.3) is 0 Å². The number of nitrogens with one attached hydrogen (secondary N) is 7. The van der Waals surface area contributed by atoms with Crippen molar-refractivity contribution < 1.29 is 0 Å². The fourth-order valence-electron chi connectivity index (χ4n) is 2.99. The van der Waals surface area contributed by atoms with Crippen LogP contribution in [0.1, 0.15) is 6.42 Å². The lowest BCUT2D eigenvalue weighted by Crippen LogP contribution is -2.57. The van der Waals surface area contributed by atoms with Crippen LogP contribution in [0.3, 0.4) is 0 Å². The summed E-state index contributed by atoms with van der Waals surface area (Å²) in [5, 5.41) is 15.6. The Hall–Kier alpha value is 2.56. The monoisotopic (exact) mass is 586 g/mol. The molecule has 0 radical (unpaired) electrons. The van der Waals surface area contributed by atoms with E-state index in [2.05, 4.69) is 59.9 Å². The van der Waals surface area contributed by atoms with Gasteiger partial charge in [-0.15, -0.1) is 20.3 Å². The molecule has 184 valence electrons. The average Bonchev–Trinajstić information content (AvgIpc) is 2.75. The van der Waals surface area contributed by atoms with Crippen molar-refractivity contribution in [3.8, 4) is 0 Å². The molecule has 2 rings (SSSR count). The molecule has 0 aliphatic carbocycles. The summed E-state index contributed by atoms with van der Waals surface area (Å²) >= 11 is 9.54. The van der Waals surface area contributed by atoms with Gasteiger partial charge in [0.05, 0.1) is 0 Å². The lowest BCUT2D eigenvalue weighted by molar-refractivity contribution is 0.849. The van der Waals surface area contributed by atoms with Crippen molar-refractivity contribution in [1.29, 1.82) is 0 Å². The summed E-state index contributed by atoms with van der Waals surface area (Å²) in [5.74, 6) is 5.50. The number of hydrogen-bond donors (Lipinski definition) is 7. The molecule has 8 nitrogen and oxygen atoms in total. The zero-order chi connectivity index (χ0) is 22.5. The maximum atomic E-state index is 5.21. The van der Waals surface area contributed by atoms with E-state index in [1.807, 2.05) is 58.4 Å². The minimum absolute atomic E-state index is 0.937. The standard InChI is InChI=1S/C15H41N8P3S5/c1-27-12-7-16-24(17-8-13-28-2)21-25(18-9-14-29-3,19-10-15-30-4)23-26(22-24)20-6-5-11-31-26/h16-19,21-23H,5-15H2,1-4H3/q+2. The molecule has 0 amide bonds. The van der Waals surface area contributed by atoms with Gasteiger partial charge < -0.3 is 0 Å².